The van der Waals surface area contributed by atoms with Crippen LogP contribution in [0, 0.1) is 0 Å². The van der Waals surface area contributed by atoms with Crippen LogP contribution in [0.4, 0.5) is 18.0 Å². The molecule has 0 spiro atoms. The van der Waals surface area contributed by atoms with Crippen molar-refractivity contribution in [3.63, 3.8) is 0 Å². The summed E-state index contributed by atoms with van der Waals surface area (Å²) in [5.74, 6) is -0.401. The number of halogens is 7. The molecule has 0 aliphatic carbocycles. The van der Waals surface area contributed by atoms with Gasteiger partial charge in [-0.05, 0) is 84.4 Å². The highest BCUT2D eigenvalue weighted by molar-refractivity contribution is 9.10. The maximum atomic E-state index is 13.2. The summed E-state index contributed by atoms with van der Waals surface area (Å²) in [5, 5.41) is 3.22. The highest BCUT2D eigenvalue weighted by Crippen LogP contribution is 2.39. The van der Waals surface area contributed by atoms with Crippen LogP contribution < -0.4 is 5.32 Å². The van der Waals surface area contributed by atoms with Crippen LogP contribution in [-0.4, -0.2) is 47.8 Å². The zero-order valence-electron chi connectivity index (χ0n) is 21.4. The average Bonchev–Trinajstić information content (AvgIpc) is 2.82. The molecule has 2 amide bonds. The van der Waals surface area contributed by atoms with Gasteiger partial charge in [-0.1, -0.05) is 53.0 Å². The van der Waals surface area contributed by atoms with E-state index in [1.807, 2.05) is 0 Å². The molecule has 3 rings (SSSR count). The van der Waals surface area contributed by atoms with E-state index in [4.69, 9.17) is 39.5 Å². The van der Waals surface area contributed by atoms with E-state index in [2.05, 4.69) is 21.2 Å². The van der Waals surface area contributed by atoms with Gasteiger partial charge in [-0.3, -0.25) is 4.79 Å². The van der Waals surface area contributed by atoms with Gasteiger partial charge in [0.05, 0.1) is 27.1 Å². The SMILES string of the molecule is CC(C)(C)OC(=O)N1CCC(NC(=O)c2cccc(/C(=C/CC(F)(F)F)c3cc(Cl)c(Cl)c(Cl)c3)c2Br)CC1. The number of nitrogens with one attached hydrogen (secondary N) is 1. The van der Waals surface area contributed by atoms with Crippen molar-refractivity contribution in [1.82, 2.24) is 10.2 Å². The predicted octanol–water partition coefficient (Wildman–Crippen LogP) is 8.92. The fourth-order valence-electron chi connectivity index (χ4n) is 4.02. The molecule has 0 saturated carbocycles. The van der Waals surface area contributed by atoms with Gasteiger partial charge >= 0.3 is 12.3 Å². The summed E-state index contributed by atoms with van der Waals surface area (Å²) in [6, 6.07) is 7.41. The van der Waals surface area contributed by atoms with E-state index < -0.39 is 30.2 Å². The monoisotopic (exact) mass is 668 g/mol. The van der Waals surface area contributed by atoms with Crippen molar-refractivity contribution < 1.29 is 27.5 Å². The predicted molar refractivity (Wildman–Crippen MR) is 152 cm³/mol. The first-order valence-electron chi connectivity index (χ1n) is 12.0. The summed E-state index contributed by atoms with van der Waals surface area (Å²) in [6.45, 7) is 6.23. The molecule has 0 atom stereocenters. The number of allylic oxidation sites excluding steroid dienone is 1. The standard InChI is InChI=1S/C27H27BrCl3F3N2O3/c1-26(2,3)39-25(38)36-11-8-16(9-12-36)35-24(37)19-6-4-5-18(22(19)28)17(7-10-27(32,33)34)15-13-20(29)23(31)21(30)14-15/h4-7,13-14,16H,8-12H2,1-3H3,(H,35,37)/b17-7+. The Kier molecular flexibility index (Phi) is 10.3. The zero-order valence-corrected chi connectivity index (χ0v) is 25.2. The molecule has 1 heterocycles. The van der Waals surface area contributed by atoms with Crippen LogP contribution in [0.25, 0.3) is 5.57 Å². The largest absolute Gasteiger partial charge is 0.444 e. The van der Waals surface area contributed by atoms with E-state index in [1.165, 1.54) is 12.1 Å². The second kappa shape index (κ2) is 12.7. The number of hydrogen-bond donors (Lipinski definition) is 1. The lowest BCUT2D eigenvalue weighted by Crippen LogP contribution is -2.47. The number of nitrogens with zero attached hydrogens (tertiary/aromatic N) is 1. The van der Waals surface area contributed by atoms with Crippen LogP contribution in [0.5, 0.6) is 0 Å². The fourth-order valence-corrected chi connectivity index (χ4v) is 5.28. The number of carbonyl (C=O) groups is 2. The third kappa shape index (κ3) is 8.77. The van der Waals surface area contributed by atoms with Gasteiger partial charge in [-0.15, -0.1) is 0 Å². The van der Waals surface area contributed by atoms with Crippen LogP contribution in [0.3, 0.4) is 0 Å². The second-order valence-corrected chi connectivity index (χ2v) is 12.1. The molecule has 12 heteroatoms. The van der Waals surface area contributed by atoms with E-state index in [9.17, 15) is 22.8 Å². The number of ether oxygens (including phenoxy) is 1. The Hall–Kier alpha value is -1.94. The molecule has 0 bridgehead atoms. The van der Waals surface area contributed by atoms with E-state index in [-0.39, 0.29) is 32.2 Å². The van der Waals surface area contributed by atoms with Crippen molar-refractivity contribution in [3.8, 4) is 0 Å². The first-order valence-corrected chi connectivity index (χ1v) is 14.0. The Morgan fingerprint density at radius 3 is 2.18 bits per heavy atom. The molecule has 0 aromatic heterocycles. The molecule has 2 aromatic carbocycles. The zero-order chi connectivity index (χ0) is 29.1. The molecular formula is C27H27BrCl3F3N2O3. The van der Waals surface area contributed by atoms with Crippen LogP contribution in [-0.2, 0) is 4.74 Å². The highest BCUT2D eigenvalue weighted by atomic mass is 79.9. The minimum Gasteiger partial charge on any atom is -0.444 e. The quantitative estimate of drug-likeness (QED) is 0.323. The Labute approximate surface area is 248 Å². The maximum absolute atomic E-state index is 13.2. The van der Waals surface area contributed by atoms with Crippen molar-refractivity contribution in [1.29, 1.82) is 0 Å². The van der Waals surface area contributed by atoms with E-state index in [1.54, 1.807) is 43.9 Å². The minimum atomic E-state index is -4.46. The number of benzene rings is 2. The lowest BCUT2D eigenvalue weighted by atomic mass is 9.95. The molecule has 39 heavy (non-hydrogen) atoms. The van der Waals surface area contributed by atoms with Gasteiger partial charge < -0.3 is 15.0 Å². The summed E-state index contributed by atoms with van der Waals surface area (Å²) >= 11 is 21.8. The minimum absolute atomic E-state index is 0.0832. The van der Waals surface area contributed by atoms with Crippen molar-refractivity contribution >= 4 is 68.3 Å². The van der Waals surface area contributed by atoms with E-state index in [0.717, 1.165) is 6.08 Å². The number of piperidine rings is 1. The van der Waals surface area contributed by atoms with Crippen LogP contribution in [0.2, 0.25) is 15.1 Å². The van der Waals surface area contributed by atoms with Crippen molar-refractivity contribution in [2.24, 2.45) is 0 Å². The van der Waals surface area contributed by atoms with Crippen LogP contribution in [0.1, 0.15) is 61.5 Å². The third-order valence-electron chi connectivity index (χ3n) is 5.85. The number of rotatable bonds is 5. The van der Waals surface area contributed by atoms with E-state index in [0.29, 0.717) is 41.5 Å². The molecule has 1 aliphatic rings. The van der Waals surface area contributed by atoms with Gasteiger partial charge in [0.1, 0.15) is 5.60 Å². The number of amides is 2. The summed E-state index contributed by atoms with van der Waals surface area (Å²) in [5.41, 5.74) is 0.480. The molecule has 5 nitrogen and oxygen atoms in total. The Bertz CT molecular complexity index is 1250. The molecule has 1 saturated heterocycles. The van der Waals surface area contributed by atoms with Crippen molar-refractivity contribution in [3.05, 3.63) is 72.6 Å². The van der Waals surface area contributed by atoms with Gasteiger partial charge in [-0.25, -0.2) is 4.79 Å². The summed E-state index contributed by atoms with van der Waals surface area (Å²) in [7, 11) is 0. The smallest absolute Gasteiger partial charge is 0.410 e. The number of likely N-dealkylation sites (tertiary alicyclic amines) is 1. The third-order valence-corrected chi connectivity index (χ3v) is 7.90. The molecule has 1 aliphatic heterocycles. The number of carbonyl (C=O) groups excluding carboxylic acids is 2. The second-order valence-electron chi connectivity index (χ2n) is 10.1. The maximum Gasteiger partial charge on any atom is 0.410 e. The lowest BCUT2D eigenvalue weighted by molar-refractivity contribution is -0.124. The van der Waals surface area contributed by atoms with Crippen LogP contribution >= 0.6 is 50.7 Å². The van der Waals surface area contributed by atoms with Crippen LogP contribution in [0.15, 0.2) is 40.9 Å². The summed E-state index contributed by atoms with van der Waals surface area (Å²) < 4.78 is 45.2. The number of hydrogen-bond acceptors (Lipinski definition) is 3. The van der Waals surface area contributed by atoms with Gasteiger partial charge in [0, 0.05) is 23.6 Å². The van der Waals surface area contributed by atoms with Gasteiger partial charge in [-0.2, -0.15) is 13.2 Å². The molecule has 212 valence electrons. The highest BCUT2D eigenvalue weighted by Gasteiger charge is 2.29. The van der Waals surface area contributed by atoms with Crippen molar-refractivity contribution in [2.45, 2.75) is 57.9 Å². The topological polar surface area (TPSA) is 58.6 Å². The van der Waals surface area contributed by atoms with E-state index >= 15 is 0 Å². The Morgan fingerprint density at radius 1 is 1.08 bits per heavy atom. The first kappa shape index (κ1) is 31.6. The van der Waals surface area contributed by atoms with Crippen molar-refractivity contribution in [2.75, 3.05) is 13.1 Å². The molecule has 0 radical (unpaired) electrons. The Morgan fingerprint density at radius 2 is 1.64 bits per heavy atom. The molecule has 0 unspecified atom stereocenters. The molecule has 1 fully saturated rings. The molecule has 2 aromatic rings. The molecule has 1 N–H and O–H groups in total. The van der Waals surface area contributed by atoms with Gasteiger partial charge in [0.2, 0.25) is 0 Å². The fraction of sp³-hybridized carbons (Fsp3) is 0.407. The van der Waals surface area contributed by atoms with Gasteiger partial charge in [0.25, 0.3) is 5.91 Å². The number of alkyl halides is 3. The molecular weight excluding hydrogens is 644 g/mol. The Balaban J connectivity index is 1.83. The average molecular weight is 671 g/mol. The lowest BCUT2D eigenvalue weighted by Gasteiger charge is -2.33. The van der Waals surface area contributed by atoms with Gasteiger partial charge in [0.15, 0.2) is 0 Å². The first-order chi connectivity index (χ1) is 18.1. The normalized spacial score (nSPS) is 15.3. The summed E-state index contributed by atoms with van der Waals surface area (Å²) in [6.07, 6.45) is -3.99. The summed E-state index contributed by atoms with van der Waals surface area (Å²) in [4.78, 5) is 27.1.